The van der Waals surface area contributed by atoms with Crippen LogP contribution in [-0.2, 0) is 16.6 Å². The van der Waals surface area contributed by atoms with Gasteiger partial charge in [-0.3, -0.25) is 24.5 Å². The minimum Gasteiger partial charge on any atom is -0.378 e. The van der Waals surface area contributed by atoms with Crippen molar-refractivity contribution in [1.29, 1.82) is 0 Å². The Labute approximate surface area is 297 Å². The SMILES string of the molecule is CN1C[C@H](Nc2cnn(C)c(=O)c2Cl)C[C@H](c2ccc(C(=O)N3CCC4(CC3)CCN(c3cccc(C5CCC(=O)NC5=O)c3)CC4)cc2)C1. The van der Waals surface area contributed by atoms with Crippen molar-refractivity contribution in [2.75, 3.05) is 56.5 Å². The fourth-order valence-corrected chi connectivity index (χ4v) is 8.68. The first-order valence-corrected chi connectivity index (χ1v) is 18.2. The van der Waals surface area contributed by atoms with E-state index in [0.29, 0.717) is 18.5 Å². The first-order chi connectivity index (χ1) is 24.1. The number of nitrogens with one attached hydrogen (secondary N) is 2. The lowest BCUT2D eigenvalue weighted by molar-refractivity contribution is -0.134. The highest BCUT2D eigenvalue weighted by Crippen LogP contribution is 2.43. The molecule has 7 rings (SSSR count). The normalized spacial score (nSPS) is 24.3. The van der Waals surface area contributed by atoms with Crippen LogP contribution in [0, 0.1) is 5.41 Å². The summed E-state index contributed by atoms with van der Waals surface area (Å²) in [6.07, 6.45) is 7.61. The van der Waals surface area contributed by atoms with Gasteiger partial charge in [-0.1, -0.05) is 35.9 Å². The average Bonchev–Trinajstić information content (AvgIpc) is 3.12. The van der Waals surface area contributed by atoms with Crippen molar-refractivity contribution in [1.82, 2.24) is 24.9 Å². The number of nitrogens with zero attached hydrogens (tertiary/aromatic N) is 5. The summed E-state index contributed by atoms with van der Waals surface area (Å²) in [5.41, 5.74) is 4.52. The second-order valence-corrected chi connectivity index (χ2v) is 15.2. The minimum atomic E-state index is -0.321. The second kappa shape index (κ2) is 14.2. The molecule has 4 fully saturated rings. The number of piperidine rings is 4. The minimum absolute atomic E-state index is 0.0991. The monoisotopic (exact) mass is 699 g/mol. The van der Waals surface area contributed by atoms with Gasteiger partial charge in [0.1, 0.15) is 5.02 Å². The van der Waals surface area contributed by atoms with Crippen molar-refractivity contribution in [3.8, 4) is 0 Å². The van der Waals surface area contributed by atoms with E-state index in [0.717, 1.165) is 88.2 Å². The summed E-state index contributed by atoms with van der Waals surface area (Å²) in [6, 6.07) is 16.5. The molecule has 264 valence electrons. The van der Waals surface area contributed by atoms with Gasteiger partial charge in [0.2, 0.25) is 11.8 Å². The van der Waals surface area contributed by atoms with Crippen LogP contribution < -0.4 is 21.1 Å². The highest BCUT2D eigenvalue weighted by Gasteiger charge is 2.39. The maximum absolute atomic E-state index is 13.6. The molecule has 0 saturated carbocycles. The van der Waals surface area contributed by atoms with E-state index in [4.69, 9.17) is 11.6 Å². The summed E-state index contributed by atoms with van der Waals surface area (Å²) in [6.45, 7) is 5.18. The third kappa shape index (κ3) is 7.16. The van der Waals surface area contributed by atoms with Gasteiger partial charge in [-0.25, -0.2) is 4.68 Å². The summed E-state index contributed by atoms with van der Waals surface area (Å²) in [5, 5.41) is 10.2. The topological polar surface area (TPSA) is 120 Å². The second-order valence-electron chi connectivity index (χ2n) is 14.8. The summed E-state index contributed by atoms with van der Waals surface area (Å²) in [7, 11) is 3.68. The van der Waals surface area contributed by atoms with E-state index >= 15 is 0 Å². The number of halogens is 1. The van der Waals surface area contributed by atoms with Crippen LogP contribution in [0.3, 0.4) is 0 Å². The summed E-state index contributed by atoms with van der Waals surface area (Å²) in [5.74, 6) is -0.292. The Kier molecular flexibility index (Phi) is 9.72. The molecule has 5 heterocycles. The number of hydrogen-bond acceptors (Lipinski definition) is 8. The molecule has 3 amide bonds. The van der Waals surface area contributed by atoms with Gasteiger partial charge in [-0.2, -0.15) is 5.10 Å². The van der Waals surface area contributed by atoms with Crippen LogP contribution in [0.4, 0.5) is 11.4 Å². The molecule has 0 radical (unpaired) electrons. The number of anilines is 2. The number of carbonyl (C=O) groups is 3. The number of aryl methyl sites for hydroxylation is 1. The van der Waals surface area contributed by atoms with Crippen LogP contribution in [0.1, 0.15) is 78.3 Å². The summed E-state index contributed by atoms with van der Waals surface area (Å²) in [4.78, 5) is 56.6. The maximum Gasteiger partial charge on any atom is 0.287 e. The maximum atomic E-state index is 13.6. The van der Waals surface area contributed by atoms with Crippen molar-refractivity contribution >= 4 is 40.7 Å². The van der Waals surface area contributed by atoms with Gasteiger partial charge in [0.15, 0.2) is 0 Å². The van der Waals surface area contributed by atoms with E-state index in [2.05, 4.69) is 56.8 Å². The van der Waals surface area contributed by atoms with Gasteiger partial charge in [0, 0.05) is 70.0 Å². The Balaban J connectivity index is 0.916. The molecule has 0 aliphatic carbocycles. The van der Waals surface area contributed by atoms with Crippen LogP contribution in [0.5, 0.6) is 0 Å². The number of rotatable bonds is 6. The molecule has 3 atom stereocenters. The lowest BCUT2D eigenvalue weighted by atomic mass is 9.71. The Bertz CT molecular complexity index is 1810. The Morgan fingerprint density at radius 3 is 2.38 bits per heavy atom. The van der Waals surface area contributed by atoms with Crippen molar-refractivity contribution in [3.05, 3.63) is 86.8 Å². The largest absolute Gasteiger partial charge is 0.378 e. The van der Waals surface area contributed by atoms with Crippen LogP contribution in [-0.4, -0.2) is 89.7 Å². The predicted molar refractivity (Wildman–Crippen MR) is 194 cm³/mol. The van der Waals surface area contributed by atoms with Crippen LogP contribution in [0.15, 0.2) is 59.5 Å². The highest BCUT2D eigenvalue weighted by molar-refractivity contribution is 6.32. The van der Waals surface area contributed by atoms with Crippen LogP contribution in [0.2, 0.25) is 5.02 Å². The lowest BCUT2D eigenvalue weighted by Crippen LogP contribution is -2.48. The van der Waals surface area contributed by atoms with Crippen molar-refractivity contribution < 1.29 is 14.4 Å². The number of carbonyl (C=O) groups excluding carboxylic acids is 3. The average molecular weight is 700 g/mol. The number of imide groups is 1. The van der Waals surface area contributed by atoms with E-state index in [-0.39, 0.29) is 51.6 Å². The van der Waals surface area contributed by atoms with E-state index in [1.807, 2.05) is 29.2 Å². The van der Waals surface area contributed by atoms with Gasteiger partial charge in [-0.05, 0) is 92.3 Å². The fraction of sp³-hybridized carbons (Fsp3) is 0.500. The molecule has 11 nitrogen and oxygen atoms in total. The van der Waals surface area contributed by atoms with Crippen LogP contribution in [0.25, 0.3) is 0 Å². The van der Waals surface area contributed by atoms with Crippen molar-refractivity contribution in [2.45, 2.75) is 62.8 Å². The standard InChI is InChI=1S/C38H46ClN7O4/c1-43-23-28(20-29(24-43)41-32-22-40-44(2)37(50)34(32)39)25-6-8-26(9-7-25)36(49)46-18-14-38(15-19-46)12-16-45(17-13-38)30-5-3-4-27(21-30)31-10-11-33(47)42-35(31)48/h3-9,21-22,28-29,31,41H,10-20,23-24H2,1-2H3,(H,42,47,48)/t28-,29+,31?/m0/s1. The number of benzene rings is 2. The Morgan fingerprint density at radius 1 is 0.940 bits per heavy atom. The quantitative estimate of drug-likeness (QED) is 0.364. The summed E-state index contributed by atoms with van der Waals surface area (Å²) >= 11 is 6.32. The van der Waals surface area contributed by atoms with E-state index in [1.165, 1.54) is 10.2 Å². The Hall–Kier alpha value is -4.22. The van der Waals surface area contributed by atoms with Gasteiger partial charge in [-0.15, -0.1) is 0 Å². The molecule has 3 aromatic rings. The van der Waals surface area contributed by atoms with Gasteiger partial charge < -0.3 is 20.0 Å². The zero-order chi connectivity index (χ0) is 35.0. The molecule has 50 heavy (non-hydrogen) atoms. The molecule has 0 bridgehead atoms. The molecular weight excluding hydrogens is 654 g/mol. The van der Waals surface area contributed by atoms with E-state index < -0.39 is 0 Å². The third-order valence-corrected chi connectivity index (χ3v) is 11.9. The number of amides is 3. The van der Waals surface area contributed by atoms with Crippen molar-refractivity contribution in [3.63, 3.8) is 0 Å². The molecular formula is C38H46ClN7O4. The Morgan fingerprint density at radius 2 is 1.66 bits per heavy atom. The van der Waals surface area contributed by atoms with E-state index in [1.54, 1.807) is 13.2 Å². The van der Waals surface area contributed by atoms with Crippen LogP contribution >= 0.6 is 11.6 Å². The fourth-order valence-electron chi connectivity index (χ4n) is 8.45. The van der Waals surface area contributed by atoms with E-state index in [9.17, 15) is 19.2 Å². The first-order valence-electron chi connectivity index (χ1n) is 17.8. The zero-order valence-corrected chi connectivity index (χ0v) is 29.6. The zero-order valence-electron chi connectivity index (χ0n) is 28.9. The lowest BCUT2D eigenvalue weighted by Gasteiger charge is -2.47. The number of likely N-dealkylation sites (tertiary alicyclic amines) is 2. The molecule has 4 aliphatic heterocycles. The molecule has 1 unspecified atom stereocenters. The predicted octanol–water partition coefficient (Wildman–Crippen LogP) is 4.38. The molecule has 4 saturated heterocycles. The molecule has 4 aliphatic rings. The number of likely N-dealkylation sites (N-methyl/N-ethyl adjacent to an activating group) is 1. The molecule has 1 aromatic heterocycles. The van der Waals surface area contributed by atoms with Gasteiger partial charge in [0.25, 0.3) is 11.5 Å². The third-order valence-electron chi connectivity index (χ3n) is 11.5. The number of aromatic nitrogens is 2. The molecule has 12 heteroatoms. The van der Waals surface area contributed by atoms with Gasteiger partial charge in [0.05, 0.1) is 17.8 Å². The summed E-state index contributed by atoms with van der Waals surface area (Å²) < 4.78 is 1.23. The van der Waals surface area contributed by atoms with Gasteiger partial charge >= 0.3 is 0 Å². The highest BCUT2D eigenvalue weighted by atomic mass is 35.5. The van der Waals surface area contributed by atoms with Crippen molar-refractivity contribution in [2.24, 2.45) is 12.5 Å². The first kappa shape index (κ1) is 34.2. The smallest absolute Gasteiger partial charge is 0.287 e. The molecule has 2 aromatic carbocycles. The molecule has 2 N–H and O–H groups in total. The molecule has 1 spiro atoms. The number of hydrogen-bond donors (Lipinski definition) is 2.